The molecule has 0 atom stereocenters. The van der Waals surface area contributed by atoms with Gasteiger partial charge in [-0.15, -0.1) is 0 Å². The van der Waals surface area contributed by atoms with Gasteiger partial charge in [0.25, 0.3) is 0 Å². The van der Waals surface area contributed by atoms with E-state index in [4.69, 9.17) is 18.0 Å². The number of halogens is 1. The van der Waals surface area contributed by atoms with Crippen LogP contribution in [-0.4, -0.2) is 9.97 Å². The van der Waals surface area contributed by atoms with Gasteiger partial charge in [-0.3, -0.25) is 0 Å². The number of pyridine rings is 1. The van der Waals surface area contributed by atoms with Crippen molar-refractivity contribution in [2.45, 2.75) is 26.2 Å². The van der Waals surface area contributed by atoms with Gasteiger partial charge in [0.05, 0.1) is 11.3 Å². The van der Waals surface area contributed by atoms with Crippen LogP contribution in [0.1, 0.15) is 28.8 Å². The lowest BCUT2D eigenvalue weighted by Gasteiger charge is -2.13. The number of thiocarbonyl (C=S) groups is 1. The van der Waals surface area contributed by atoms with Crippen LogP contribution in [0.25, 0.3) is 0 Å². The van der Waals surface area contributed by atoms with Crippen LogP contribution in [0.4, 0.5) is 15.9 Å². The van der Waals surface area contributed by atoms with E-state index in [1.54, 1.807) is 12.1 Å². The average molecular weight is 301 g/mol. The Hall–Kier alpha value is -2.01. The summed E-state index contributed by atoms with van der Waals surface area (Å²) in [5.74, 6) is 0.212. The van der Waals surface area contributed by atoms with Gasteiger partial charge < -0.3 is 11.1 Å². The minimum atomic E-state index is -0.322. The molecule has 0 bridgehead atoms. The third-order valence-corrected chi connectivity index (χ3v) is 3.91. The number of nitrogens with zero attached hydrogens (tertiary/aromatic N) is 1. The highest BCUT2D eigenvalue weighted by Gasteiger charge is 2.18. The van der Waals surface area contributed by atoms with Crippen LogP contribution in [0.15, 0.2) is 24.3 Å². The molecule has 1 aliphatic rings. The largest absolute Gasteiger partial charge is 0.389 e. The predicted molar refractivity (Wildman–Crippen MR) is 86.6 cm³/mol. The number of aromatic nitrogens is 1. The Morgan fingerprint density at radius 2 is 2.14 bits per heavy atom. The Morgan fingerprint density at radius 1 is 1.33 bits per heavy atom. The molecule has 3 nitrogen and oxygen atoms in total. The lowest BCUT2D eigenvalue weighted by Crippen LogP contribution is -2.14. The summed E-state index contributed by atoms with van der Waals surface area (Å²) in [6.07, 6.45) is 3.02. The molecule has 0 aliphatic heterocycles. The van der Waals surface area contributed by atoms with E-state index < -0.39 is 0 Å². The van der Waals surface area contributed by atoms with Gasteiger partial charge >= 0.3 is 0 Å². The van der Waals surface area contributed by atoms with Crippen LogP contribution >= 0.6 is 12.2 Å². The maximum absolute atomic E-state index is 13.9. The number of nitrogens with one attached hydrogen (secondary N) is 1. The SMILES string of the molecule is Cc1ccc(F)c(Nc2nc3c(cc2C(N)=S)CCC3)c1. The molecule has 0 spiro atoms. The molecular formula is C16H16FN3S. The predicted octanol–water partition coefficient (Wildman–Crippen LogP) is 3.40. The second-order valence-electron chi connectivity index (χ2n) is 5.32. The van der Waals surface area contributed by atoms with Gasteiger partial charge in [0.1, 0.15) is 16.6 Å². The van der Waals surface area contributed by atoms with E-state index in [1.165, 1.54) is 11.6 Å². The zero-order chi connectivity index (χ0) is 15.0. The lowest BCUT2D eigenvalue weighted by molar-refractivity contribution is 0.631. The molecule has 1 aromatic heterocycles. The van der Waals surface area contributed by atoms with E-state index in [2.05, 4.69) is 10.3 Å². The fourth-order valence-corrected chi connectivity index (χ4v) is 2.77. The van der Waals surface area contributed by atoms with Crippen molar-refractivity contribution in [1.82, 2.24) is 4.98 Å². The maximum atomic E-state index is 13.9. The second kappa shape index (κ2) is 5.41. The van der Waals surface area contributed by atoms with Crippen molar-refractivity contribution < 1.29 is 4.39 Å². The number of anilines is 2. The first-order valence-corrected chi connectivity index (χ1v) is 7.31. The van der Waals surface area contributed by atoms with Crippen molar-refractivity contribution >= 4 is 28.7 Å². The fraction of sp³-hybridized carbons (Fsp3) is 0.250. The quantitative estimate of drug-likeness (QED) is 0.853. The van der Waals surface area contributed by atoms with Crippen LogP contribution in [0.2, 0.25) is 0 Å². The highest BCUT2D eigenvalue weighted by atomic mass is 32.1. The summed E-state index contributed by atoms with van der Waals surface area (Å²) in [7, 11) is 0. The molecule has 3 N–H and O–H groups in total. The van der Waals surface area contributed by atoms with Gasteiger partial charge in [0, 0.05) is 5.69 Å². The molecule has 5 heteroatoms. The van der Waals surface area contributed by atoms with Crippen LogP contribution in [-0.2, 0) is 12.8 Å². The van der Waals surface area contributed by atoms with E-state index in [0.717, 1.165) is 30.5 Å². The Kier molecular flexibility index (Phi) is 3.59. The summed E-state index contributed by atoms with van der Waals surface area (Å²) in [5.41, 5.74) is 10.1. The summed E-state index contributed by atoms with van der Waals surface area (Å²) >= 11 is 5.10. The monoisotopic (exact) mass is 301 g/mol. The second-order valence-corrected chi connectivity index (χ2v) is 5.76. The number of hydrogen-bond donors (Lipinski definition) is 2. The molecule has 0 saturated carbocycles. The summed E-state index contributed by atoms with van der Waals surface area (Å²) in [5, 5.41) is 3.04. The summed E-state index contributed by atoms with van der Waals surface area (Å²) < 4.78 is 13.9. The molecule has 108 valence electrons. The Morgan fingerprint density at radius 3 is 2.90 bits per heavy atom. The highest BCUT2D eigenvalue weighted by molar-refractivity contribution is 7.80. The highest BCUT2D eigenvalue weighted by Crippen LogP contribution is 2.28. The van der Waals surface area contributed by atoms with Crippen molar-refractivity contribution in [3.8, 4) is 0 Å². The third kappa shape index (κ3) is 2.74. The number of aryl methyl sites for hydroxylation is 3. The summed E-state index contributed by atoms with van der Waals surface area (Å²) in [6.45, 7) is 1.91. The Labute approximate surface area is 128 Å². The maximum Gasteiger partial charge on any atom is 0.146 e. The van der Waals surface area contributed by atoms with Crippen molar-refractivity contribution in [1.29, 1.82) is 0 Å². The normalized spacial score (nSPS) is 13.0. The molecule has 1 heterocycles. The minimum Gasteiger partial charge on any atom is -0.389 e. The average Bonchev–Trinajstić information content (AvgIpc) is 2.89. The molecule has 0 amide bonds. The van der Waals surface area contributed by atoms with Crippen LogP contribution in [0.5, 0.6) is 0 Å². The first-order valence-electron chi connectivity index (χ1n) is 6.90. The molecule has 2 aromatic rings. The molecule has 0 unspecified atom stereocenters. The van der Waals surface area contributed by atoms with Gasteiger partial charge in [-0.1, -0.05) is 18.3 Å². The third-order valence-electron chi connectivity index (χ3n) is 3.69. The van der Waals surface area contributed by atoms with Crippen molar-refractivity contribution in [2.75, 3.05) is 5.32 Å². The van der Waals surface area contributed by atoms with Gasteiger partial charge in [-0.05, 0) is 55.5 Å². The first kappa shape index (κ1) is 13.9. The Balaban J connectivity index is 2.05. The summed E-state index contributed by atoms with van der Waals surface area (Å²) in [4.78, 5) is 4.87. The Bertz CT molecular complexity index is 728. The number of benzene rings is 1. The summed E-state index contributed by atoms with van der Waals surface area (Å²) in [6, 6.07) is 6.89. The number of hydrogen-bond acceptors (Lipinski definition) is 3. The van der Waals surface area contributed by atoms with E-state index in [1.807, 2.05) is 13.0 Å². The van der Waals surface area contributed by atoms with Crippen LogP contribution in [0.3, 0.4) is 0 Å². The smallest absolute Gasteiger partial charge is 0.146 e. The number of fused-ring (bicyclic) bond motifs is 1. The van der Waals surface area contributed by atoms with Crippen molar-refractivity contribution in [3.05, 3.63) is 52.5 Å². The molecule has 0 fully saturated rings. The molecule has 1 aliphatic carbocycles. The molecule has 0 saturated heterocycles. The molecule has 3 rings (SSSR count). The van der Waals surface area contributed by atoms with Gasteiger partial charge in [-0.2, -0.15) is 0 Å². The number of rotatable bonds is 3. The molecular weight excluding hydrogens is 285 g/mol. The van der Waals surface area contributed by atoms with Gasteiger partial charge in [-0.25, -0.2) is 9.37 Å². The zero-order valence-corrected chi connectivity index (χ0v) is 12.6. The lowest BCUT2D eigenvalue weighted by atomic mass is 10.1. The van der Waals surface area contributed by atoms with Gasteiger partial charge in [0.15, 0.2) is 0 Å². The first-order chi connectivity index (χ1) is 10.0. The van der Waals surface area contributed by atoms with Crippen molar-refractivity contribution in [3.63, 3.8) is 0 Å². The van der Waals surface area contributed by atoms with Crippen LogP contribution < -0.4 is 11.1 Å². The van der Waals surface area contributed by atoms with E-state index in [9.17, 15) is 4.39 Å². The van der Waals surface area contributed by atoms with E-state index >= 15 is 0 Å². The topological polar surface area (TPSA) is 50.9 Å². The number of nitrogens with two attached hydrogens (primary N) is 1. The molecule has 21 heavy (non-hydrogen) atoms. The van der Waals surface area contributed by atoms with Crippen molar-refractivity contribution in [2.24, 2.45) is 5.73 Å². The molecule has 1 aromatic carbocycles. The molecule has 0 radical (unpaired) electrons. The standard InChI is InChI=1S/C16H16FN3S/c1-9-5-6-12(17)14(7-9)20-16-11(15(18)21)8-10-3-2-4-13(10)19-16/h5-8H,2-4H2,1H3,(H2,18,21)(H,19,20). The minimum absolute atomic E-state index is 0.271. The van der Waals surface area contributed by atoms with Gasteiger partial charge in [0.2, 0.25) is 0 Å². The van der Waals surface area contributed by atoms with E-state index in [-0.39, 0.29) is 10.8 Å². The zero-order valence-electron chi connectivity index (χ0n) is 11.7. The fourth-order valence-electron chi connectivity index (χ4n) is 2.62. The van der Waals surface area contributed by atoms with Crippen LogP contribution in [0, 0.1) is 12.7 Å². The van der Waals surface area contributed by atoms with E-state index in [0.29, 0.717) is 17.1 Å².